The molecule has 3 atom stereocenters. The van der Waals surface area contributed by atoms with Crippen LogP contribution in [0.15, 0.2) is 0 Å². The van der Waals surface area contributed by atoms with E-state index < -0.39 is 0 Å². The van der Waals surface area contributed by atoms with Crippen molar-refractivity contribution < 1.29 is 0 Å². The van der Waals surface area contributed by atoms with E-state index in [1.54, 1.807) is 0 Å². The first kappa shape index (κ1) is 15.3. The van der Waals surface area contributed by atoms with E-state index in [2.05, 4.69) is 44.8 Å². The van der Waals surface area contributed by atoms with E-state index in [9.17, 15) is 0 Å². The van der Waals surface area contributed by atoms with Crippen molar-refractivity contribution in [1.29, 1.82) is 0 Å². The van der Waals surface area contributed by atoms with Crippen molar-refractivity contribution in [2.45, 2.75) is 84.8 Å². The van der Waals surface area contributed by atoms with Crippen molar-refractivity contribution in [1.82, 2.24) is 10.2 Å². The van der Waals surface area contributed by atoms with Gasteiger partial charge in [0.05, 0.1) is 0 Å². The van der Waals surface area contributed by atoms with Crippen LogP contribution in [0.2, 0.25) is 0 Å². The van der Waals surface area contributed by atoms with E-state index >= 15 is 0 Å². The predicted molar refractivity (Wildman–Crippen MR) is 83.5 cm³/mol. The maximum atomic E-state index is 3.82. The highest BCUT2D eigenvalue weighted by molar-refractivity contribution is 5.01. The van der Waals surface area contributed by atoms with Gasteiger partial charge in [-0.05, 0) is 50.1 Å². The van der Waals surface area contributed by atoms with Crippen molar-refractivity contribution in [3.63, 3.8) is 0 Å². The molecule has 112 valence electrons. The summed E-state index contributed by atoms with van der Waals surface area (Å²) >= 11 is 0. The first-order chi connectivity index (χ1) is 8.97. The van der Waals surface area contributed by atoms with Gasteiger partial charge in [-0.15, -0.1) is 0 Å². The average molecular weight is 266 g/mol. The van der Waals surface area contributed by atoms with E-state index in [0.29, 0.717) is 11.5 Å². The van der Waals surface area contributed by atoms with Crippen molar-refractivity contribution in [2.24, 2.45) is 11.3 Å². The van der Waals surface area contributed by atoms with Crippen LogP contribution in [-0.4, -0.2) is 36.1 Å². The van der Waals surface area contributed by atoms with Gasteiger partial charge in [0.1, 0.15) is 0 Å². The molecule has 3 unspecified atom stereocenters. The van der Waals surface area contributed by atoms with Gasteiger partial charge in [0, 0.05) is 18.1 Å². The number of likely N-dealkylation sites (tertiary alicyclic amines) is 1. The van der Waals surface area contributed by atoms with Gasteiger partial charge in [0.25, 0.3) is 0 Å². The number of likely N-dealkylation sites (N-methyl/N-ethyl adjacent to an activating group) is 1. The second-order valence-electron chi connectivity index (χ2n) is 7.67. The number of nitrogens with one attached hydrogen (secondary N) is 1. The molecular weight excluding hydrogens is 232 g/mol. The van der Waals surface area contributed by atoms with Crippen LogP contribution in [0.25, 0.3) is 0 Å². The van der Waals surface area contributed by atoms with E-state index in [1.807, 2.05) is 0 Å². The summed E-state index contributed by atoms with van der Waals surface area (Å²) in [5, 5.41) is 3.82. The molecule has 1 aliphatic carbocycles. The van der Waals surface area contributed by atoms with Crippen molar-refractivity contribution in [2.75, 3.05) is 13.1 Å². The first-order valence-corrected chi connectivity index (χ1v) is 8.46. The van der Waals surface area contributed by atoms with Crippen LogP contribution in [0.1, 0.15) is 66.7 Å². The molecule has 1 aliphatic heterocycles. The summed E-state index contributed by atoms with van der Waals surface area (Å²) in [6.07, 6.45) is 6.98. The van der Waals surface area contributed by atoms with Gasteiger partial charge in [0.2, 0.25) is 0 Å². The summed E-state index contributed by atoms with van der Waals surface area (Å²) in [6, 6.07) is 2.25. The molecule has 2 fully saturated rings. The maximum absolute atomic E-state index is 3.82. The fraction of sp³-hybridized carbons (Fsp3) is 1.00. The minimum atomic E-state index is 0.447. The molecule has 0 spiro atoms. The third kappa shape index (κ3) is 3.16. The molecule has 1 N–H and O–H groups in total. The predicted octanol–water partition coefficient (Wildman–Crippen LogP) is 3.66. The average Bonchev–Trinajstić information content (AvgIpc) is 2.80. The second kappa shape index (κ2) is 6.13. The van der Waals surface area contributed by atoms with Crippen LogP contribution in [0.3, 0.4) is 0 Å². The third-order valence-electron chi connectivity index (χ3n) is 5.51. The maximum Gasteiger partial charge on any atom is 0.0274 e. The highest BCUT2D eigenvalue weighted by Crippen LogP contribution is 2.40. The summed E-state index contributed by atoms with van der Waals surface area (Å²) < 4.78 is 0. The number of hydrogen-bond acceptors (Lipinski definition) is 2. The largest absolute Gasteiger partial charge is 0.312 e. The fourth-order valence-corrected chi connectivity index (χ4v) is 4.54. The SMILES string of the molecule is CCNC1C(N2CCCC2C(C)C)CCCC1(C)C. The lowest BCUT2D eigenvalue weighted by atomic mass is 9.70. The zero-order valence-corrected chi connectivity index (χ0v) is 13.7. The van der Waals surface area contributed by atoms with E-state index in [0.717, 1.165) is 24.5 Å². The van der Waals surface area contributed by atoms with E-state index in [4.69, 9.17) is 0 Å². The number of hydrogen-bond donors (Lipinski definition) is 1. The quantitative estimate of drug-likeness (QED) is 0.835. The Bertz CT molecular complexity index is 285. The van der Waals surface area contributed by atoms with Gasteiger partial charge in [-0.2, -0.15) is 0 Å². The molecule has 19 heavy (non-hydrogen) atoms. The lowest BCUT2D eigenvalue weighted by molar-refractivity contribution is 0.0314. The summed E-state index contributed by atoms with van der Waals surface area (Å²) in [7, 11) is 0. The van der Waals surface area contributed by atoms with E-state index in [1.165, 1.54) is 38.6 Å². The number of rotatable bonds is 4. The van der Waals surface area contributed by atoms with Crippen molar-refractivity contribution in [3.8, 4) is 0 Å². The van der Waals surface area contributed by atoms with Crippen LogP contribution in [0, 0.1) is 11.3 Å². The molecule has 1 saturated carbocycles. The second-order valence-corrected chi connectivity index (χ2v) is 7.67. The van der Waals surface area contributed by atoms with Gasteiger partial charge in [-0.1, -0.05) is 41.0 Å². The Balaban J connectivity index is 2.15. The smallest absolute Gasteiger partial charge is 0.0274 e. The van der Waals surface area contributed by atoms with Gasteiger partial charge < -0.3 is 5.32 Å². The molecule has 0 aromatic carbocycles. The lowest BCUT2D eigenvalue weighted by Crippen LogP contribution is -2.60. The van der Waals surface area contributed by atoms with Gasteiger partial charge in [0.15, 0.2) is 0 Å². The summed E-state index contributed by atoms with van der Waals surface area (Å²) in [4.78, 5) is 2.86. The normalized spacial score (nSPS) is 36.0. The third-order valence-corrected chi connectivity index (χ3v) is 5.51. The van der Waals surface area contributed by atoms with Gasteiger partial charge >= 0.3 is 0 Å². The molecule has 0 aromatic heterocycles. The molecule has 0 bridgehead atoms. The Morgan fingerprint density at radius 1 is 1.21 bits per heavy atom. The zero-order valence-electron chi connectivity index (χ0n) is 13.7. The van der Waals surface area contributed by atoms with Gasteiger partial charge in [-0.25, -0.2) is 0 Å². The monoisotopic (exact) mass is 266 g/mol. The molecule has 1 heterocycles. The van der Waals surface area contributed by atoms with Crippen LogP contribution >= 0.6 is 0 Å². The topological polar surface area (TPSA) is 15.3 Å². The summed E-state index contributed by atoms with van der Waals surface area (Å²) in [6.45, 7) is 14.4. The Labute approximate surface area is 120 Å². The molecule has 2 heteroatoms. The number of nitrogens with zero attached hydrogens (tertiary/aromatic N) is 1. The molecule has 1 saturated heterocycles. The summed E-state index contributed by atoms with van der Waals surface area (Å²) in [5.74, 6) is 0.801. The van der Waals surface area contributed by atoms with Crippen LogP contribution in [0.4, 0.5) is 0 Å². The highest BCUT2D eigenvalue weighted by Gasteiger charge is 2.44. The van der Waals surface area contributed by atoms with Crippen molar-refractivity contribution >= 4 is 0 Å². The minimum Gasteiger partial charge on any atom is -0.312 e. The lowest BCUT2D eigenvalue weighted by Gasteiger charge is -2.50. The standard InChI is InChI=1S/C17H34N2/c1-6-18-16-15(9-7-11-17(16,4)5)19-12-8-10-14(19)13(2)3/h13-16,18H,6-12H2,1-5H3. The van der Waals surface area contributed by atoms with Crippen LogP contribution < -0.4 is 5.32 Å². The fourth-order valence-electron chi connectivity index (χ4n) is 4.54. The molecule has 0 aromatic rings. The molecular formula is C17H34N2. The molecule has 0 radical (unpaired) electrons. The van der Waals surface area contributed by atoms with E-state index in [-0.39, 0.29) is 0 Å². The highest BCUT2D eigenvalue weighted by atomic mass is 15.2. The Hall–Kier alpha value is -0.0800. The molecule has 2 nitrogen and oxygen atoms in total. The Morgan fingerprint density at radius 2 is 1.95 bits per heavy atom. The zero-order chi connectivity index (χ0) is 14.0. The van der Waals surface area contributed by atoms with Crippen molar-refractivity contribution in [3.05, 3.63) is 0 Å². The van der Waals surface area contributed by atoms with Crippen LogP contribution in [0.5, 0.6) is 0 Å². The van der Waals surface area contributed by atoms with Crippen LogP contribution in [-0.2, 0) is 0 Å². The molecule has 0 amide bonds. The first-order valence-electron chi connectivity index (χ1n) is 8.46. The molecule has 2 aliphatic rings. The van der Waals surface area contributed by atoms with Gasteiger partial charge in [-0.3, -0.25) is 4.90 Å². The molecule has 2 rings (SSSR count). The Morgan fingerprint density at radius 3 is 2.58 bits per heavy atom. The summed E-state index contributed by atoms with van der Waals surface area (Å²) in [5.41, 5.74) is 0.447. The minimum absolute atomic E-state index is 0.447. The Kier molecular flexibility index (Phi) is 4.94.